The number of alkyl carbamates (subject to hydrolysis) is 3. The Morgan fingerprint density at radius 1 is 0.411 bits per heavy atom. The van der Waals surface area contributed by atoms with Crippen LogP contribution < -0.4 is 42.8 Å². The molecule has 8 amide bonds. The van der Waals surface area contributed by atoms with Gasteiger partial charge in [-0.15, -0.1) is 0 Å². The molecule has 95 heavy (non-hydrogen) atoms. The molecule has 0 spiro atoms. The van der Waals surface area contributed by atoms with Crippen molar-refractivity contribution in [3.63, 3.8) is 0 Å². The molecule has 518 valence electrons. The largest absolute Gasteiger partial charge is 0.465 e. The topological polar surface area (TPSA) is 341 Å². The maximum atomic E-state index is 13.8. The molecule has 1 heterocycles. The highest BCUT2D eigenvalue weighted by molar-refractivity contribution is 5.88. The second-order valence-electron chi connectivity index (χ2n) is 27.4. The first-order valence-electron chi connectivity index (χ1n) is 31.3. The van der Waals surface area contributed by atoms with Crippen LogP contribution in [0.5, 0.6) is 0 Å². The number of ether oxygens (including phenoxy) is 3. The molecule has 0 radical (unpaired) electrons. The van der Waals surface area contributed by atoms with Gasteiger partial charge in [-0.1, -0.05) is 204 Å². The highest BCUT2D eigenvalue weighted by atomic mass is 16.5. The minimum absolute atomic E-state index is 0.118. The second-order valence-corrected chi connectivity index (χ2v) is 27.4. The number of aliphatic hydroxyl groups is 2. The van der Waals surface area contributed by atoms with E-state index in [-0.39, 0.29) is 39.0 Å². The molecule has 0 saturated carbocycles. The lowest BCUT2D eigenvalue weighted by Gasteiger charge is -2.35. The highest BCUT2D eigenvalue weighted by Gasteiger charge is 2.40. The van der Waals surface area contributed by atoms with Gasteiger partial charge in [0.05, 0.1) is 51.3 Å². The quantitative estimate of drug-likeness (QED) is 0.0182. The Hall–Kier alpha value is -9.17. The molecule has 25 nitrogen and oxygen atoms in total. The van der Waals surface area contributed by atoms with Crippen LogP contribution in [-0.2, 0) is 59.3 Å². The van der Waals surface area contributed by atoms with Gasteiger partial charge in [-0.25, -0.2) is 29.2 Å². The Balaban J connectivity index is 0.000000409. The van der Waals surface area contributed by atoms with Crippen LogP contribution in [0.1, 0.15) is 105 Å². The molecule has 0 aliphatic carbocycles. The van der Waals surface area contributed by atoms with E-state index < -0.39 is 118 Å². The van der Waals surface area contributed by atoms with Crippen LogP contribution >= 0.6 is 0 Å². The molecular weight excluding hydrogens is 1220 g/mol. The number of nitrogens with one attached hydrogen (secondary N) is 8. The van der Waals surface area contributed by atoms with Crippen molar-refractivity contribution < 1.29 is 67.9 Å². The second kappa shape index (κ2) is 36.5. The number of hydrazine groups is 2. The number of benzene rings is 4. The Morgan fingerprint density at radius 2 is 0.726 bits per heavy atom. The van der Waals surface area contributed by atoms with Crippen LogP contribution in [0.15, 0.2) is 140 Å². The average molecular weight is 1320 g/mol. The van der Waals surface area contributed by atoms with E-state index in [1.807, 2.05) is 154 Å². The number of amides is 8. The smallest absolute Gasteiger partial charge is 0.407 e. The van der Waals surface area contributed by atoms with E-state index in [9.17, 15) is 53.7 Å². The van der Waals surface area contributed by atoms with Crippen LogP contribution in [0.2, 0.25) is 0 Å². The van der Waals surface area contributed by atoms with E-state index in [1.165, 1.54) is 26.3 Å². The summed E-state index contributed by atoms with van der Waals surface area (Å²) in [6.07, 6.45) is -3.84. The number of rotatable bonds is 27. The van der Waals surface area contributed by atoms with E-state index in [1.54, 1.807) is 73.5 Å². The Morgan fingerprint density at radius 3 is 1.04 bits per heavy atom. The predicted molar refractivity (Wildman–Crippen MR) is 360 cm³/mol. The molecule has 1 aromatic heterocycles. The molecule has 4 aromatic carbocycles. The molecule has 5 aromatic rings. The molecule has 11 N–H and O–H groups in total. The van der Waals surface area contributed by atoms with Crippen LogP contribution in [0.3, 0.4) is 0 Å². The van der Waals surface area contributed by atoms with Crippen molar-refractivity contribution in [2.75, 3.05) is 34.4 Å². The summed E-state index contributed by atoms with van der Waals surface area (Å²) < 4.78 is 14.3. The number of aliphatic hydroxyl groups excluding tert-OH is 2. The number of aromatic nitrogens is 1. The maximum absolute atomic E-state index is 13.8. The van der Waals surface area contributed by atoms with Gasteiger partial charge in [0.15, 0.2) is 0 Å². The van der Waals surface area contributed by atoms with Crippen molar-refractivity contribution >= 4 is 48.0 Å². The summed E-state index contributed by atoms with van der Waals surface area (Å²) in [5, 5.41) is 51.8. The van der Waals surface area contributed by atoms with Gasteiger partial charge in [0.1, 0.15) is 24.2 Å². The van der Waals surface area contributed by atoms with Gasteiger partial charge in [-0.3, -0.25) is 35.0 Å². The third-order valence-corrected chi connectivity index (χ3v) is 15.2. The summed E-state index contributed by atoms with van der Waals surface area (Å²) in [4.78, 5) is 107. The van der Waals surface area contributed by atoms with Gasteiger partial charge < -0.3 is 61.4 Å². The standard InChI is InChI=1S/C38H52N6O7.C32H47N5O7/c1-37(2,3)31(41-35(48)50-7)33(46)40-29(22-25-14-10-9-11-15-25)30(45)24-44(43-34(47)32(38(4,5)6)42-36(49)51-8)23-26-17-19-27(20-18-26)28-16-12-13-21-39-28;1-31(2,3)25(35-30(43)44-7)27(39)33-23(18-21-14-10-8-11-15-21)24(38)20-37(19-22-16-12-9-13-17-22)36-28(40)26(32(4,5)6)34-29(41)42/h9-21,29-32,45H,22-24H2,1-8H3,(H,40,46)(H,41,48)(H,42,49)(H,43,47);8-17,23-26,34,38H,18-20H2,1-7H3,(H,33,39)(H,35,43)(H,36,40)(H,41,42)/t29-,30-,31+,32+;23-,24-,25+,26+/m00/s1. The normalized spacial score (nSPS) is 14.2. The van der Waals surface area contributed by atoms with Gasteiger partial charge in [0.25, 0.3) is 11.8 Å². The molecular formula is C70H99N11O14. The van der Waals surface area contributed by atoms with E-state index in [2.05, 4.69) is 47.7 Å². The van der Waals surface area contributed by atoms with Gasteiger partial charge in [-0.2, -0.15) is 0 Å². The number of carboxylic acid groups (broad SMARTS) is 1. The fourth-order valence-electron chi connectivity index (χ4n) is 9.97. The van der Waals surface area contributed by atoms with Gasteiger partial charge >= 0.3 is 24.4 Å². The number of hydrogen-bond acceptors (Lipinski definition) is 16. The summed E-state index contributed by atoms with van der Waals surface area (Å²) in [7, 11) is 3.64. The first kappa shape index (κ1) is 78.3. The number of pyridine rings is 1. The lowest BCUT2D eigenvalue weighted by Crippen LogP contribution is -2.60. The maximum Gasteiger partial charge on any atom is 0.407 e. The lowest BCUT2D eigenvalue weighted by molar-refractivity contribution is -0.132. The van der Waals surface area contributed by atoms with Crippen LogP contribution in [0.4, 0.5) is 19.2 Å². The Kier molecular flexibility index (Phi) is 30.1. The van der Waals surface area contributed by atoms with Gasteiger partial charge in [-0.05, 0) is 68.9 Å². The minimum atomic E-state index is -1.34. The third kappa shape index (κ3) is 27.0. The molecule has 0 unspecified atom stereocenters. The zero-order chi connectivity index (χ0) is 70.8. The van der Waals surface area contributed by atoms with E-state index >= 15 is 0 Å². The van der Waals surface area contributed by atoms with Crippen molar-refractivity contribution in [3.8, 4) is 11.3 Å². The first-order valence-corrected chi connectivity index (χ1v) is 31.3. The fraction of sp³-hybridized carbons (Fsp3) is 0.471. The first-order chi connectivity index (χ1) is 44.5. The molecule has 0 aliphatic rings. The molecule has 0 saturated heterocycles. The number of carbonyl (C=O) groups is 8. The van der Waals surface area contributed by atoms with Crippen LogP contribution in [0, 0.1) is 21.7 Å². The summed E-state index contributed by atoms with van der Waals surface area (Å²) in [6.45, 7) is 21.6. The zero-order valence-corrected chi connectivity index (χ0v) is 57.3. The van der Waals surface area contributed by atoms with Gasteiger partial charge in [0, 0.05) is 37.9 Å². The monoisotopic (exact) mass is 1320 g/mol. The van der Waals surface area contributed by atoms with E-state index in [4.69, 9.17) is 14.2 Å². The van der Waals surface area contributed by atoms with Crippen molar-refractivity contribution in [3.05, 3.63) is 162 Å². The summed E-state index contributed by atoms with van der Waals surface area (Å²) in [5.74, 6) is -2.14. The average Bonchev–Trinajstić information content (AvgIpc) is 0.867. The molecule has 0 bridgehead atoms. The Labute approximate surface area is 558 Å². The molecule has 5 rings (SSSR count). The molecule has 8 atom stereocenters. The van der Waals surface area contributed by atoms with Crippen molar-refractivity contribution in [2.24, 2.45) is 21.7 Å². The lowest BCUT2D eigenvalue weighted by atomic mass is 9.85. The number of hydrogen-bond donors (Lipinski definition) is 11. The fourth-order valence-corrected chi connectivity index (χ4v) is 9.97. The zero-order valence-electron chi connectivity index (χ0n) is 57.3. The van der Waals surface area contributed by atoms with Gasteiger partial charge in [0.2, 0.25) is 11.8 Å². The van der Waals surface area contributed by atoms with Crippen molar-refractivity contribution in [2.45, 2.75) is 157 Å². The summed E-state index contributed by atoms with van der Waals surface area (Å²) >= 11 is 0. The molecule has 0 aliphatic heterocycles. The summed E-state index contributed by atoms with van der Waals surface area (Å²) in [5.41, 5.74) is 7.90. The number of nitrogens with zero attached hydrogens (tertiary/aromatic N) is 3. The summed E-state index contributed by atoms with van der Waals surface area (Å²) in [6, 6.07) is 35.5. The van der Waals surface area contributed by atoms with E-state index in [0.29, 0.717) is 0 Å². The number of carbonyl (C=O) groups excluding carboxylic acids is 7. The van der Waals surface area contributed by atoms with Crippen LogP contribution in [-0.4, -0.2) is 161 Å². The highest BCUT2D eigenvalue weighted by Crippen LogP contribution is 2.25. The van der Waals surface area contributed by atoms with Crippen molar-refractivity contribution in [1.29, 1.82) is 0 Å². The third-order valence-electron chi connectivity index (χ3n) is 15.2. The Bertz CT molecular complexity index is 3230. The van der Waals surface area contributed by atoms with Crippen molar-refractivity contribution in [1.82, 2.24) is 57.8 Å². The predicted octanol–water partition coefficient (Wildman–Crippen LogP) is 7.27. The molecule has 25 heteroatoms. The SMILES string of the molecule is COC(=O)N[C@H](C(=O)N[C@@H](Cc1ccccc1)[C@@H](O)CN(Cc1ccc(-c2ccccn2)cc1)NC(=O)[C@@H](NC(=O)OC)C(C)(C)C)C(C)(C)C.COC(=O)N[C@H](C(=O)N[C@@H](Cc1ccccc1)[C@@H](O)CN(Cc1ccccc1)NC(=O)[C@@H](NC(=O)O)C(C)(C)C)C(C)(C)C. The number of methoxy groups -OCH3 is 3. The van der Waals surface area contributed by atoms with E-state index in [0.717, 1.165) is 33.5 Å². The minimum Gasteiger partial charge on any atom is -0.465 e. The molecule has 0 fully saturated rings. The van der Waals surface area contributed by atoms with Crippen LogP contribution in [0.25, 0.3) is 11.3 Å².